The van der Waals surface area contributed by atoms with Gasteiger partial charge in [-0.25, -0.2) is 4.79 Å². The molecule has 60 valence electrons. The molecule has 0 aliphatic rings. The van der Waals surface area contributed by atoms with Gasteiger partial charge in [-0.15, -0.1) is 0 Å². The lowest BCUT2D eigenvalue weighted by Gasteiger charge is -2.05. The lowest BCUT2D eigenvalue weighted by molar-refractivity contribution is 0.0371. The first-order valence-electron chi connectivity index (χ1n) is 3.54. The van der Waals surface area contributed by atoms with Gasteiger partial charge in [0.05, 0.1) is 6.10 Å². The Kier molecular flexibility index (Phi) is 2.31. The van der Waals surface area contributed by atoms with Crippen LogP contribution >= 0.6 is 0 Å². The van der Waals surface area contributed by atoms with Crippen LogP contribution in [0.4, 0.5) is 0 Å². The molecular formula is C8H11NO2. The first-order valence-corrected chi connectivity index (χ1v) is 3.54. The van der Waals surface area contributed by atoms with Gasteiger partial charge in [0.25, 0.3) is 0 Å². The number of H-pyrrole nitrogens is 1. The molecule has 1 aromatic rings. The second kappa shape index (κ2) is 3.23. The summed E-state index contributed by atoms with van der Waals surface area (Å²) in [5, 5.41) is 0. The molecule has 0 radical (unpaired) electrons. The minimum atomic E-state index is -0.301. The van der Waals surface area contributed by atoms with Crippen LogP contribution < -0.4 is 0 Å². The van der Waals surface area contributed by atoms with Gasteiger partial charge >= 0.3 is 5.97 Å². The molecule has 0 aliphatic carbocycles. The van der Waals surface area contributed by atoms with Gasteiger partial charge in [-0.1, -0.05) is 0 Å². The third-order valence-electron chi connectivity index (χ3n) is 1.16. The van der Waals surface area contributed by atoms with E-state index in [2.05, 4.69) is 4.98 Å². The van der Waals surface area contributed by atoms with Gasteiger partial charge < -0.3 is 9.72 Å². The molecule has 0 saturated carbocycles. The Bertz CT molecular complexity index is 226. The van der Waals surface area contributed by atoms with E-state index in [0.29, 0.717) is 5.69 Å². The molecule has 0 amide bonds. The van der Waals surface area contributed by atoms with Crippen LogP contribution in [0, 0.1) is 0 Å². The van der Waals surface area contributed by atoms with Crippen molar-refractivity contribution in [3.63, 3.8) is 0 Å². The van der Waals surface area contributed by atoms with Crippen molar-refractivity contribution in [2.45, 2.75) is 20.0 Å². The summed E-state index contributed by atoms with van der Waals surface area (Å²) in [5.74, 6) is -0.301. The minimum absolute atomic E-state index is 0.0641. The number of hydrogen-bond donors (Lipinski definition) is 1. The Morgan fingerprint density at radius 1 is 1.64 bits per heavy atom. The average molecular weight is 153 g/mol. The molecule has 3 heteroatoms. The molecule has 0 unspecified atom stereocenters. The first kappa shape index (κ1) is 7.85. The van der Waals surface area contributed by atoms with E-state index < -0.39 is 0 Å². The van der Waals surface area contributed by atoms with Crippen molar-refractivity contribution >= 4 is 5.97 Å². The van der Waals surface area contributed by atoms with Crippen molar-refractivity contribution in [3.8, 4) is 0 Å². The molecule has 1 aromatic heterocycles. The van der Waals surface area contributed by atoms with E-state index in [1.54, 1.807) is 18.3 Å². The number of aromatic nitrogens is 1. The normalized spacial score (nSPS) is 10.1. The van der Waals surface area contributed by atoms with E-state index in [1.807, 2.05) is 13.8 Å². The fraction of sp³-hybridized carbons (Fsp3) is 0.375. The summed E-state index contributed by atoms with van der Waals surface area (Å²) in [6.45, 7) is 3.64. The van der Waals surface area contributed by atoms with Crippen molar-refractivity contribution in [1.29, 1.82) is 0 Å². The molecule has 0 fully saturated rings. The Morgan fingerprint density at radius 3 is 2.82 bits per heavy atom. The molecule has 1 rings (SSSR count). The molecule has 0 bridgehead atoms. The molecule has 0 atom stereocenters. The average Bonchev–Trinajstić information content (AvgIpc) is 2.35. The lowest BCUT2D eigenvalue weighted by atomic mass is 10.4. The molecule has 11 heavy (non-hydrogen) atoms. The third kappa shape index (κ3) is 2.11. The number of aromatic amines is 1. The fourth-order valence-electron chi connectivity index (χ4n) is 0.735. The number of carbonyl (C=O) groups is 1. The maximum Gasteiger partial charge on any atom is 0.354 e. The van der Waals surface area contributed by atoms with Gasteiger partial charge in [-0.2, -0.15) is 0 Å². The Morgan fingerprint density at radius 2 is 2.36 bits per heavy atom. The molecule has 1 heterocycles. The summed E-state index contributed by atoms with van der Waals surface area (Å²) < 4.78 is 4.92. The highest BCUT2D eigenvalue weighted by Gasteiger charge is 2.08. The molecule has 0 aromatic carbocycles. The minimum Gasteiger partial charge on any atom is -0.458 e. The zero-order chi connectivity index (χ0) is 8.27. The van der Waals surface area contributed by atoms with Gasteiger partial charge in [0.1, 0.15) is 5.69 Å². The maximum atomic E-state index is 11.1. The van der Waals surface area contributed by atoms with Crippen LogP contribution in [0.2, 0.25) is 0 Å². The highest BCUT2D eigenvalue weighted by Crippen LogP contribution is 1.99. The van der Waals surface area contributed by atoms with Crippen molar-refractivity contribution < 1.29 is 9.53 Å². The molecule has 0 saturated heterocycles. The van der Waals surface area contributed by atoms with Crippen molar-refractivity contribution in [2.75, 3.05) is 0 Å². The van der Waals surface area contributed by atoms with Crippen LogP contribution in [-0.4, -0.2) is 17.1 Å². The zero-order valence-corrected chi connectivity index (χ0v) is 6.63. The van der Waals surface area contributed by atoms with Crippen LogP contribution in [0.25, 0.3) is 0 Å². The van der Waals surface area contributed by atoms with Crippen molar-refractivity contribution in [3.05, 3.63) is 24.0 Å². The van der Waals surface area contributed by atoms with Crippen LogP contribution in [0.15, 0.2) is 18.3 Å². The van der Waals surface area contributed by atoms with Gasteiger partial charge in [0.2, 0.25) is 0 Å². The SMILES string of the molecule is CC(C)OC(=O)c1ccc[nH]1. The highest BCUT2D eigenvalue weighted by molar-refractivity contribution is 5.87. The van der Waals surface area contributed by atoms with Crippen LogP contribution in [-0.2, 0) is 4.74 Å². The summed E-state index contributed by atoms with van der Waals surface area (Å²) in [4.78, 5) is 13.8. The summed E-state index contributed by atoms with van der Waals surface area (Å²) >= 11 is 0. The molecular weight excluding hydrogens is 142 g/mol. The highest BCUT2D eigenvalue weighted by atomic mass is 16.5. The predicted molar refractivity (Wildman–Crippen MR) is 41.3 cm³/mol. The second-order valence-electron chi connectivity index (χ2n) is 2.54. The van der Waals surface area contributed by atoms with Gasteiger partial charge in [-0.3, -0.25) is 0 Å². The Hall–Kier alpha value is -1.25. The summed E-state index contributed by atoms with van der Waals surface area (Å²) in [6.07, 6.45) is 1.63. The number of esters is 1. The van der Waals surface area contributed by atoms with Gasteiger partial charge in [-0.05, 0) is 26.0 Å². The topological polar surface area (TPSA) is 42.1 Å². The smallest absolute Gasteiger partial charge is 0.354 e. The first-order chi connectivity index (χ1) is 5.20. The van der Waals surface area contributed by atoms with Gasteiger partial charge in [0.15, 0.2) is 0 Å². The number of nitrogens with one attached hydrogen (secondary N) is 1. The van der Waals surface area contributed by atoms with Crippen LogP contribution in [0.5, 0.6) is 0 Å². The molecule has 3 nitrogen and oxygen atoms in total. The predicted octanol–water partition coefficient (Wildman–Crippen LogP) is 1.58. The van der Waals surface area contributed by atoms with Crippen LogP contribution in [0.3, 0.4) is 0 Å². The Labute approximate surface area is 65.4 Å². The number of rotatable bonds is 2. The number of carbonyl (C=O) groups excluding carboxylic acids is 1. The van der Waals surface area contributed by atoms with E-state index >= 15 is 0 Å². The largest absolute Gasteiger partial charge is 0.458 e. The van der Waals surface area contributed by atoms with E-state index in [4.69, 9.17) is 4.74 Å². The van der Waals surface area contributed by atoms with Gasteiger partial charge in [0, 0.05) is 6.20 Å². The number of hydrogen-bond acceptors (Lipinski definition) is 2. The maximum absolute atomic E-state index is 11.1. The van der Waals surface area contributed by atoms with Crippen molar-refractivity contribution in [1.82, 2.24) is 4.98 Å². The van der Waals surface area contributed by atoms with Crippen molar-refractivity contribution in [2.24, 2.45) is 0 Å². The van der Waals surface area contributed by atoms with Crippen LogP contribution in [0.1, 0.15) is 24.3 Å². The summed E-state index contributed by atoms with van der Waals surface area (Å²) in [7, 11) is 0. The lowest BCUT2D eigenvalue weighted by Crippen LogP contribution is -2.11. The van der Waals surface area contributed by atoms with E-state index in [1.165, 1.54) is 0 Å². The van der Waals surface area contributed by atoms with E-state index in [-0.39, 0.29) is 12.1 Å². The molecule has 0 aliphatic heterocycles. The third-order valence-corrected chi connectivity index (χ3v) is 1.16. The van der Waals surface area contributed by atoms with E-state index in [0.717, 1.165) is 0 Å². The molecule has 1 N–H and O–H groups in total. The van der Waals surface area contributed by atoms with E-state index in [9.17, 15) is 4.79 Å². The number of ether oxygens (including phenoxy) is 1. The summed E-state index contributed by atoms with van der Waals surface area (Å²) in [6, 6.07) is 3.45. The fourth-order valence-corrected chi connectivity index (χ4v) is 0.735. The zero-order valence-electron chi connectivity index (χ0n) is 6.63. The second-order valence-corrected chi connectivity index (χ2v) is 2.54. The molecule has 0 spiro atoms. The Balaban J connectivity index is 2.57. The summed E-state index contributed by atoms with van der Waals surface area (Å²) in [5.41, 5.74) is 0.499. The monoisotopic (exact) mass is 153 g/mol. The quantitative estimate of drug-likeness (QED) is 0.655. The standard InChI is InChI=1S/C8H11NO2/c1-6(2)11-8(10)7-4-3-5-9-7/h3-6,9H,1-2H3.